The number of nitrogens with zero attached hydrogens (tertiary/aromatic N) is 2. The van der Waals surface area contributed by atoms with Crippen LogP contribution >= 0.6 is 0 Å². The Labute approximate surface area is 116 Å². The van der Waals surface area contributed by atoms with Crippen LogP contribution < -0.4 is 0 Å². The van der Waals surface area contributed by atoms with Crippen LogP contribution in [-0.2, 0) is 6.42 Å². The van der Waals surface area contributed by atoms with Gasteiger partial charge in [-0.05, 0) is 49.4 Å². The monoisotopic (exact) mass is 262 g/mol. The van der Waals surface area contributed by atoms with Crippen LogP contribution in [0.15, 0.2) is 24.5 Å². The van der Waals surface area contributed by atoms with Crippen LogP contribution in [-0.4, -0.2) is 40.7 Å². The van der Waals surface area contributed by atoms with Crippen molar-refractivity contribution in [2.24, 2.45) is 5.41 Å². The molecule has 0 aromatic carbocycles. The highest BCUT2D eigenvalue weighted by molar-refractivity contribution is 5.10. The van der Waals surface area contributed by atoms with E-state index in [1.54, 1.807) is 0 Å². The number of pyridine rings is 1. The molecule has 19 heavy (non-hydrogen) atoms. The number of rotatable bonds is 4. The van der Waals surface area contributed by atoms with Gasteiger partial charge in [0, 0.05) is 25.0 Å². The van der Waals surface area contributed by atoms with Gasteiger partial charge in [-0.1, -0.05) is 20.3 Å². The molecule has 0 radical (unpaired) electrons. The van der Waals surface area contributed by atoms with Crippen molar-refractivity contribution >= 4 is 0 Å². The van der Waals surface area contributed by atoms with E-state index < -0.39 is 0 Å². The van der Waals surface area contributed by atoms with Crippen molar-refractivity contribution in [1.82, 2.24) is 9.88 Å². The fourth-order valence-corrected chi connectivity index (χ4v) is 3.08. The van der Waals surface area contributed by atoms with E-state index in [0.717, 1.165) is 25.8 Å². The second-order valence-electron chi connectivity index (χ2n) is 6.48. The Morgan fingerprint density at radius 1 is 1.37 bits per heavy atom. The molecule has 1 aliphatic rings. The summed E-state index contributed by atoms with van der Waals surface area (Å²) in [6, 6.07) is 4.43. The Kier molecular flexibility index (Phi) is 4.58. The average molecular weight is 262 g/mol. The molecule has 106 valence electrons. The van der Waals surface area contributed by atoms with Crippen molar-refractivity contribution in [3.8, 4) is 0 Å². The van der Waals surface area contributed by atoms with Gasteiger partial charge in [-0.25, -0.2) is 0 Å². The van der Waals surface area contributed by atoms with Gasteiger partial charge < -0.3 is 10.0 Å². The van der Waals surface area contributed by atoms with E-state index in [1.807, 2.05) is 12.4 Å². The lowest BCUT2D eigenvalue weighted by molar-refractivity contribution is -0.0499. The van der Waals surface area contributed by atoms with E-state index in [9.17, 15) is 5.11 Å². The molecular formula is C16H26N2O. The zero-order valence-electron chi connectivity index (χ0n) is 12.3. The summed E-state index contributed by atoms with van der Waals surface area (Å²) in [6.07, 6.45) is 7.93. The first-order valence-corrected chi connectivity index (χ1v) is 7.28. The number of aromatic nitrogens is 1. The normalized spacial score (nSPS) is 26.6. The number of aliphatic hydroxyl groups excluding tert-OH is 1. The highest BCUT2D eigenvalue weighted by Gasteiger charge is 2.39. The molecule has 0 saturated heterocycles. The first kappa shape index (κ1) is 14.5. The Morgan fingerprint density at radius 3 is 2.74 bits per heavy atom. The Bertz CT molecular complexity index is 391. The fraction of sp³-hybridized carbons (Fsp3) is 0.688. The zero-order valence-corrected chi connectivity index (χ0v) is 12.3. The van der Waals surface area contributed by atoms with Gasteiger partial charge in [0.25, 0.3) is 0 Å². The van der Waals surface area contributed by atoms with E-state index in [-0.39, 0.29) is 11.5 Å². The smallest absolute Gasteiger partial charge is 0.0746 e. The summed E-state index contributed by atoms with van der Waals surface area (Å²) in [5.74, 6) is 0. The molecule has 2 unspecified atom stereocenters. The summed E-state index contributed by atoms with van der Waals surface area (Å²) in [6.45, 7) is 5.35. The lowest BCUT2D eigenvalue weighted by atomic mass is 9.72. The summed E-state index contributed by atoms with van der Waals surface area (Å²) in [7, 11) is 2.14. The number of aliphatic hydroxyl groups is 1. The summed E-state index contributed by atoms with van der Waals surface area (Å²) in [5, 5.41) is 10.5. The Morgan fingerprint density at radius 2 is 2.05 bits per heavy atom. The maximum absolute atomic E-state index is 10.5. The highest BCUT2D eigenvalue weighted by Crippen LogP contribution is 2.37. The topological polar surface area (TPSA) is 36.4 Å². The van der Waals surface area contributed by atoms with Crippen LogP contribution in [0.25, 0.3) is 0 Å². The lowest BCUT2D eigenvalue weighted by Crippen LogP contribution is -2.51. The molecule has 0 spiro atoms. The van der Waals surface area contributed by atoms with Gasteiger partial charge in [-0.2, -0.15) is 0 Å². The van der Waals surface area contributed by atoms with Crippen LogP contribution in [0.2, 0.25) is 0 Å². The second-order valence-corrected chi connectivity index (χ2v) is 6.48. The minimum atomic E-state index is -0.219. The molecule has 1 aliphatic carbocycles. The minimum Gasteiger partial charge on any atom is -0.391 e. The SMILES string of the molecule is CN(CCc1ccncc1)C1CCCC(C)(C)C1O. The molecule has 2 atom stereocenters. The van der Waals surface area contributed by atoms with E-state index in [1.165, 1.54) is 12.0 Å². The van der Waals surface area contributed by atoms with E-state index in [0.29, 0.717) is 6.04 Å². The van der Waals surface area contributed by atoms with Gasteiger partial charge in [0.05, 0.1) is 6.10 Å². The van der Waals surface area contributed by atoms with Gasteiger partial charge in [0.15, 0.2) is 0 Å². The van der Waals surface area contributed by atoms with Crippen molar-refractivity contribution in [2.75, 3.05) is 13.6 Å². The van der Waals surface area contributed by atoms with Gasteiger partial charge in [0.2, 0.25) is 0 Å². The van der Waals surface area contributed by atoms with Gasteiger partial charge in [-0.15, -0.1) is 0 Å². The molecule has 3 nitrogen and oxygen atoms in total. The number of hydrogen-bond donors (Lipinski definition) is 1. The van der Waals surface area contributed by atoms with Crippen LogP contribution in [0.5, 0.6) is 0 Å². The standard InChI is InChI=1S/C16H26N2O/c1-16(2)9-4-5-14(15(16)19)18(3)12-8-13-6-10-17-11-7-13/h6-7,10-11,14-15,19H,4-5,8-9,12H2,1-3H3. The van der Waals surface area contributed by atoms with Crippen LogP contribution in [0, 0.1) is 5.41 Å². The molecule has 1 fully saturated rings. The van der Waals surface area contributed by atoms with Crippen molar-refractivity contribution in [3.63, 3.8) is 0 Å². The molecule has 0 bridgehead atoms. The average Bonchev–Trinajstić information content (AvgIpc) is 2.40. The van der Waals surface area contributed by atoms with Crippen molar-refractivity contribution in [2.45, 2.75) is 51.7 Å². The maximum Gasteiger partial charge on any atom is 0.0746 e. The van der Waals surface area contributed by atoms with Crippen LogP contribution in [0.3, 0.4) is 0 Å². The molecule has 3 heteroatoms. The van der Waals surface area contributed by atoms with Gasteiger partial charge >= 0.3 is 0 Å². The molecule has 1 aromatic rings. The largest absolute Gasteiger partial charge is 0.391 e. The molecule has 1 N–H and O–H groups in total. The molecular weight excluding hydrogens is 236 g/mol. The maximum atomic E-state index is 10.5. The van der Waals surface area contributed by atoms with Crippen molar-refractivity contribution in [1.29, 1.82) is 0 Å². The number of hydrogen-bond acceptors (Lipinski definition) is 3. The van der Waals surface area contributed by atoms with Crippen molar-refractivity contribution in [3.05, 3.63) is 30.1 Å². The third-order valence-electron chi connectivity index (χ3n) is 4.55. The van der Waals surface area contributed by atoms with Gasteiger partial charge in [0.1, 0.15) is 0 Å². The minimum absolute atomic E-state index is 0.0494. The predicted molar refractivity (Wildman–Crippen MR) is 78.0 cm³/mol. The highest BCUT2D eigenvalue weighted by atomic mass is 16.3. The first-order valence-electron chi connectivity index (χ1n) is 7.28. The molecule has 1 heterocycles. The first-order chi connectivity index (χ1) is 9.00. The molecule has 1 aromatic heterocycles. The summed E-state index contributed by atoms with van der Waals surface area (Å²) < 4.78 is 0. The number of likely N-dealkylation sites (N-methyl/N-ethyl adjacent to an activating group) is 1. The van der Waals surface area contributed by atoms with Crippen LogP contribution in [0.1, 0.15) is 38.7 Å². The molecule has 0 aliphatic heterocycles. The fourth-order valence-electron chi connectivity index (χ4n) is 3.08. The molecule has 1 saturated carbocycles. The van der Waals surface area contributed by atoms with Crippen molar-refractivity contribution < 1.29 is 5.11 Å². The molecule has 2 rings (SSSR count). The summed E-state index contributed by atoms with van der Waals surface area (Å²) in [5.41, 5.74) is 1.36. The Hall–Kier alpha value is -0.930. The molecule has 0 amide bonds. The quantitative estimate of drug-likeness (QED) is 0.905. The Balaban J connectivity index is 1.91. The van der Waals surface area contributed by atoms with Gasteiger partial charge in [-0.3, -0.25) is 4.98 Å². The lowest BCUT2D eigenvalue weighted by Gasteiger charge is -2.44. The summed E-state index contributed by atoms with van der Waals surface area (Å²) >= 11 is 0. The zero-order chi connectivity index (χ0) is 13.9. The van der Waals surface area contributed by atoms with E-state index >= 15 is 0 Å². The van der Waals surface area contributed by atoms with Crippen LogP contribution in [0.4, 0.5) is 0 Å². The predicted octanol–water partition coefficient (Wildman–Crippen LogP) is 2.50. The third kappa shape index (κ3) is 3.54. The third-order valence-corrected chi connectivity index (χ3v) is 4.55. The summed E-state index contributed by atoms with van der Waals surface area (Å²) in [4.78, 5) is 6.37. The second kappa shape index (κ2) is 6.02. The van der Waals surface area contributed by atoms with E-state index in [2.05, 4.69) is 42.9 Å². The van der Waals surface area contributed by atoms with E-state index in [4.69, 9.17) is 0 Å².